The quantitative estimate of drug-likeness (QED) is 0.852. The Morgan fingerprint density at radius 3 is 1.96 bits per heavy atom. The second-order valence-electron chi connectivity index (χ2n) is 6.29. The molecule has 0 radical (unpaired) electrons. The smallest absolute Gasteiger partial charge is 0.210 e. The second kappa shape index (κ2) is 6.24. The summed E-state index contributed by atoms with van der Waals surface area (Å²) >= 11 is 0. The van der Waals surface area contributed by atoms with Crippen LogP contribution in [-0.4, -0.2) is 22.6 Å². The third-order valence-electron chi connectivity index (χ3n) is 3.69. The van der Waals surface area contributed by atoms with Crippen LogP contribution >= 0.6 is 0 Å². The van der Waals surface area contributed by atoms with Crippen LogP contribution in [0.15, 0.2) is 52.3 Å². The summed E-state index contributed by atoms with van der Waals surface area (Å²) in [7, 11) is -0.737. The molecule has 4 nitrogen and oxygen atoms in total. The van der Waals surface area contributed by atoms with E-state index in [1.807, 2.05) is 12.1 Å². The monoisotopic (exact) mass is 334 g/mol. The fourth-order valence-electron chi connectivity index (χ4n) is 2.26. The van der Waals surface area contributed by atoms with Gasteiger partial charge < -0.3 is 9.47 Å². The SMILES string of the molecule is COc1ccc(OC)c(S(=O)(=O)c2ccc(C(C)(C)C)cc2)c1. The largest absolute Gasteiger partial charge is 0.497 e. The molecule has 0 N–H and O–H groups in total. The first kappa shape index (κ1) is 17.3. The summed E-state index contributed by atoms with van der Waals surface area (Å²) in [4.78, 5) is 0.333. The van der Waals surface area contributed by atoms with Crippen LogP contribution in [-0.2, 0) is 15.3 Å². The highest BCUT2D eigenvalue weighted by molar-refractivity contribution is 7.91. The first-order valence-electron chi connectivity index (χ1n) is 7.28. The van der Waals surface area contributed by atoms with Gasteiger partial charge >= 0.3 is 0 Å². The van der Waals surface area contributed by atoms with E-state index in [-0.39, 0.29) is 15.2 Å². The average molecular weight is 334 g/mol. The maximum absolute atomic E-state index is 12.9. The number of benzene rings is 2. The highest BCUT2D eigenvalue weighted by Gasteiger charge is 2.24. The molecule has 0 aliphatic heterocycles. The van der Waals surface area contributed by atoms with Crippen molar-refractivity contribution < 1.29 is 17.9 Å². The van der Waals surface area contributed by atoms with Gasteiger partial charge in [-0.3, -0.25) is 0 Å². The third-order valence-corrected chi connectivity index (χ3v) is 5.48. The zero-order valence-electron chi connectivity index (χ0n) is 14.1. The van der Waals surface area contributed by atoms with E-state index in [1.54, 1.807) is 24.3 Å². The summed E-state index contributed by atoms with van der Waals surface area (Å²) in [6.07, 6.45) is 0. The van der Waals surface area contributed by atoms with Crippen molar-refractivity contribution >= 4 is 9.84 Å². The zero-order valence-corrected chi connectivity index (χ0v) is 14.9. The van der Waals surface area contributed by atoms with Crippen molar-refractivity contribution in [3.8, 4) is 11.5 Å². The van der Waals surface area contributed by atoms with Gasteiger partial charge in [-0.15, -0.1) is 0 Å². The third kappa shape index (κ3) is 3.50. The van der Waals surface area contributed by atoms with Crippen LogP contribution in [0.4, 0.5) is 0 Å². The lowest BCUT2D eigenvalue weighted by atomic mass is 9.87. The molecule has 2 rings (SSSR count). The molecule has 5 heteroatoms. The van der Waals surface area contributed by atoms with E-state index in [2.05, 4.69) is 20.8 Å². The van der Waals surface area contributed by atoms with Crippen LogP contribution in [0.5, 0.6) is 11.5 Å². The number of hydrogen-bond acceptors (Lipinski definition) is 4. The van der Waals surface area contributed by atoms with E-state index < -0.39 is 9.84 Å². The molecule has 0 saturated carbocycles. The lowest BCUT2D eigenvalue weighted by Gasteiger charge is -2.19. The Kier molecular flexibility index (Phi) is 4.71. The molecule has 0 amide bonds. The predicted molar refractivity (Wildman–Crippen MR) is 90.1 cm³/mol. The van der Waals surface area contributed by atoms with Gasteiger partial charge in [0, 0.05) is 6.07 Å². The van der Waals surface area contributed by atoms with Gasteiger partial charge in [0.1, 0.15) is 16.4 Å². The minimum atomic E-state index is -3.68. The fraction of sp³-hybridized carbons (Fsp3) is 0.333. The highest BCUT2D eigenvalue weighted by Crippen LogP contribution is 2.33. The molecule has 2 aromatic rings. The average Bonchev–Trinajstić information content (AvgIpc) is 2.53. The Bertz CT molecular complexity index is 785. The molecule has 0 heterocycles. The minimum absolute atomic E-state index is 0.0318. The van der Waals surface area contributed by atoms with E-state index >= 15 is 0 Å². The molecule has 23 heavy (non-hydrogen) atoms. The topological polar surface area (TPSA) is 52.6 Å². The zero-order chi connectivity index (χ0) is 17.3. The lowest BCUT2D eigenvalue weighted by Crippen LogP contribution is -2.11. The first-order chi connectivity index (χ1) is 10.7. The van der Waals surface area contributed by atoms with Crippen LogP contribution in [0.25, 0.3) is 0 Å². The summed E-state index contributed by atoms with van der Waals surface area (Å²) in [5.74, 6) is 0.765. The Balaban J connectivity index is 2.54. The van der Waals surface area contributed by atoms with E-state index in [0.29, 0.717) is 11.5 Å². The maximum atomic E-state index is 12.9. The van der Waals surface area contributed by atoms with E-state index in [0.717, 1.165) is 5.56 Å². The predicted octanol–water partition coefficient (Wildman–Crippen LogP) is 3.83. The Morgan fingerprint density at radius 1 is 0.870 bits per heavy atom. The van der Waals surface area contributed by atoms with Crippen molar-refractivity contribution in [1.82, 2.24) is 0 Å². The molecular formula is C18H22O4S. The molecule has 0 aliphatic carbocycles. The highest BCUT2D eigenvalue weighted by atomic mass is 32.2. The summed E-state index contributed by atoms with van der Waals surface area (Å²) in [5.41, 5.74) is 1.05. The Morgan fingerprint density at radius 2 is 1.48 bits per heavy atom. The lowest BCUT2D eigenvalue weighted by molar-refractivity contribution is 0.392. The fourth-order valence-corrected chi connectivity index (χ4v) is 3.69. The van der Waals surface area contributed by atoms with Crippen molar-refractivity contribution in [2.75, 3.05) is 14.2 Å². The first-order valence-corrected chi connectivity index (χ1v) is 8.76. The van der Waals surface area contributed by atoms with Gasteiger partial charge in [-0.25, -0.2) is 8.42 Å². The van der Waals surface area contributed by atoms with Gasteiger partial charge in [0.15, 0.2) is 0 Å². The van der Waals surface area contributed by atoms with Crippen LogP contribution < -0.4 is 9.47 Å². The Labute approximate surface area is 138 Å². The number of rotatable bonds is 4. The summed E-state index contributed by atoms with van der Waals surface area (Å²) in [6.45, 7) is 6.25. The van der Waals surface area contributed by atoms with Gasteiger partial charge in [0.05, 0.1) is 19.1 Å². The van der Waals surface area contributed by atoms with Crippen molar-refractivity contribution in [1.29, 1.82) is 0 Å². The molecule has 0 atom stereocenters. The molecule has 0 fully saturated rings. The van der Waals surface area contributed by atoms with Crippen molar-refractivity contribution in [3.63, 3.8) is 0 Å². The summed E-state index contributed by atoms with van der Waals surface area (Å²) in [6, 6.07) is 11.7. The van der Waals surface area contributed by atoms with Gasteiger partial charge in [-0.2, -0.15) is 0 Å². The standard InChI is InChI=1S/C18H22O4S/c1-18(2,3)13-6-9-15(10-7-13)23(19,20)17-12-14(21-4)8-11-16(17)22-5/h6-12H,1-5H3. The molecule has 0 bridgehead atoms. The number of sulfone groups is 1. The number of hydrogen-bond donors (Lipinski definition) is 0. The van der Waals surface area contributed by atoms with Crippen LogP contribution in [0.3, 0.4) is 0 Å². The van der Waals surface area contributed by atoms with E-state index in [9.17, 15) is 8.42 Å². The molecule has 0 unspecified atom stereocenters. The van der Waals surface area contributed by atoms with Crippen LogP contribution in [0, 0.1) is 0 Å². The maximum Gasteiger partial charge on any atom is 0.210 e. The molecule has 0 aromatic heterocycles. The molecule has 2 aromatic carbocycles. The van der Waals surface area contributed by atoms with Crippen molar-refractivity contribution in [2.24, 2.45) is 0 Å². The molecule has 0 spiro atoms. The minimum Gasteiger partial charge on any atom is -0.497 e. The molecular weight excluding hydrogens is 312 g/mol. The van der Waals surface area contributed by atoms with Gasteiger partial charge in [0.25, 0.3) is 0 Å². The molecule has 0 saturated heterocycles. The number of ether oxygens (including phenoxy) is 2. The number of methoxy groups -OCH3 is 2. The van der Waals surface area contributed by atoms with Crippen LogP contribution in [0.1, 0.15) is 26.3 Å². The van der Waals surface area contributed by atoms with Gasteiger partial charge in [-0.05, 0) is 35.2 Å². The Hall–Kier alpha value is -2.01. The van der Waals surface area contributed by atoms with Gasteiger partial charge in [0.2, 0.25) is 9.84 Å². The summed E-state index contributed by atoms with van der Waals surface area (Å²) < 4.78 is 36.1. The van der Waals surface area contributed by atoms with Gasteiger partial charge in [-0.1, -0.05) is 32.9 Å². The van der Waals surface area contributed by atoms with E-state index in [4.69, 9.17) is 9.47 Å². The second-order valence-corrected chi connectivity index (χ2v) is 8.21. The molecule has 0 aliphatic rings. The van der Waals surface area contributed by atoms with Crippen molar-refractivity contribution in [2.45, 2.75) is 36.0 Å². The van der Waals surface area contributed by atoms with Crippen molar-refractivity contribution in [3.05, 3.63) is 48.0 Å². The molecule has 124 valence electrons. The normalized spacial score (nSPS) is 12.0. The summed E-state index contributed by atoms with van der Waals surface area (Å²) in [5, 5.41) is 0. The van der Waals surface area contributed by atoms with Crippen LogP contribution in [0.2, 0.25) is 0 Å². The van der Waals surface area contributed by atoms with E-state index in [1.165, 1.54) is 20.3 Å².